The van der Waals surface area contributed by atoms with Gasteiger partial charge in [0, 0.05) is 6.08 Å². The Balaban J connectivity index is 2.73. The Labute approximate surface area is 51.7 Å². The van der Waals surface area contributed by atoms with Crippen LogP contribution in [0.4, 0.5) is 0 Å². The molecule has 0 atom stereocenters. The molecule has 4 heteroatoms. The van der Waals surface area contributed by atoms with Crippen molar-refractivity contribution in [1.29, 1.82) is 0 Å². The number of nitrogens with zero attached hydrogens (tertiary/aromatic N) is 1. The first-order chi connectivity index (χ1) is 3.79. The zero-order chi connectivity index (χ0) is 5.98. The number of thiocarbonyl (C=S) groups is 1. The highest BCUT2D eigenvalue weighted by atomic mass is 32.1. The Hall–Kier alpha value is -0.900. The third kappa shape index (κ3) is 1.04. The van der Waals surface area contributed by atoms with Crippen molar-refractivity contribution < 1.29 is 5.11 Å². The molecule has 3 nitrogen and oxygen atoms in total. The Morgan fingerprint density at radius 3 is 2.88 bits per heavy atom. The van der Waals surface area contributed by atoms with Crippen molar-refractivity contribution in [2.45, 2.75) is 0 Å². The third-order valence-corrected chi connectivity index (χ3v) is 0.896. The maximum absolute atomic E-state index is 8.58. The van der Waals surface area contributed by atoms with E-state index in [1.165, 1.54) is 6.20 Å². The summed E-state index contributed by atoms with van der Waals surface area (Å²) in [5, 5.41) is 11.0. The fourth-order valence-electron chi connectivity index (χ4n) is 0.360. The second kappa shape index (κ2) is 1.92. The molecule has 1 aliphatic rings. The topological polar surface area (TPSA) is 46.4 Å². The van der Waals surface area contributed by atoms with Crippen molar-refractivity contribution in [3.8, 4) is 0 Å². The summed E-state index contributed by atoms with van der Waals surface area (Å²) in [7, 11) is 0. The Bertz CT molecular complexity index is 173. The van der Waals surface area contributed by atoms with Crippen LogP contribution in [0.25, 0.3) is 0 Å². The summed E-state index contributed by atoms with van der Waals surface area (Å²) in [6, 6.07) is -0.141. The van der Waals surface area contributed by atoms with Crippen molar-refractivity contribution in [3.63, 3.8) is 0 Å². The SMILES string of the molecule is OC1=[N+]C=CC(=S)N1. The molecule has 0 fully saturated rings. The van der Waals surface area contributed by atoms with E-state index in [1.54, 1.807) is 6.08 Å². The van der Waals surface area contributed by atoms with Gasteiger partial charge in [-0.1, -0.05) is 0 Å². The number of aliphatic hydroxyl groups excluding tert-OH is 1. The van der Waals surface area contributed by atoms with Gasteiger partial charge in [0.1, 0.15) is 6.20 Å². The summed E-state index contributed by atoms with van der Waals surface area (Å²) in [6.07, 6.45) is 3.03. The molecule has 0 aromatic heterocycles. The molecule has 1 heterocycles. The molecule has 41 valence electrons. The van der Waals surface area contributed by atoms with Crippen molar-refractivity contribution in [2.75, 3.05) is 0 Å². The van der Waals surface area contributed by atoms with Gasteiger partial charge < -0.3 is 5.11 Å². The second-order valence-electron chi connectivity index (χ2n) is 1.26. The molecule has 8 heavy (non-hydrogen) atoms. The number of nitrogens with one attached hydrogen (secondary N) is 1. The number of hydrogen-bond donors (Lipinski definition) is 2. The summed E-state index contributed by atoms with van der Waals surface area (Å²) in [6.45, 7) is 0. The largest absolute Gasteiger partial charge is 0.494 e. The van der Waals surface area contributed by atoms with Gasteiger partial charge in [-0.15, -0.1) is 0 Å². The minimum absolute atomic E-state index is 0.141. The lowest BCUT2D eigenvalue weighted by Crippen LogP contribution is -2.32. The molecule has 1 aliphatic heterocycles. The fraction of sp³-hybridized carbons (Fsp3) is 0. The zero-order valence-corrected chi connectivity index (χ0v) is 4.77. The average Bonchev–Trinajstić information content (AvgIpc) is 1.64. The van der Waals surface area contributed by atoms with Crippen LogP contribution in [-0.4, -0.2) is 16.1 Å². The van der Waals surface area contributed by atoms with Crippen LogP contribution in [0.5, 0.6) is 0 Å². The molecular formula is C4H4N2OS+. The molecule has 0 aromatic rings. The van der Waals surface area contributed by atoms with E-state index in [-0.39, 0.29) is 6.02 Å². The fourth-order valence-corrected chi connectivity index (χ4v) is 0.512. The number of hydrogen-bond acceptors (Lipinski definition) is 2. The van der Waals surface area contributed by atoms with E-state index in [4.69, 9.17) is 5.11 Å². The monoisotopic (exact) mass is 128 g/mol. The maximum Gasteiger partial charge on any atom is 0.494 e. The summed E-state index contributed by atoms with van der Waals surface area (Å²) >= 11 is 4.64. The van der Waals surface area contributed by atoms with Crippen LogP contribution < -0.4 is 10.3 Å². The van der Waals surface area contributed by atoms with Crippen LogP contribution in [0.1, 0.15) is 0 Å². The Kier molecular flexibility index (Phi) is 1.26. The van der Waals surface area contributed by atoms with Crippen LogP contribution in [0, 0.1) is 0 Å². The van der Waals surface area contributed by atoms with Crippen molar-refractivity contribution >= 4 is 23.2 Å². The molecule has 2 N–H and O–H groups in total. The van der Waals surface area contributed by atoms with Gasteiger partial charge in [-0.2, -0.15) is 5.32 Å². The normalized spacial score (nSPS) is 17.5. The highest BCUT2D eigenvalue weighted by molar-refractivity contribution is 7.80. The molecular weight excluding hydrogens is 124 g/mol. The van der Waals surface area contributed by atoms with E-state index >= 15 is 0 Å². The van der Waals surface area contributed by atoms with Crippen molar-refractivity contribution in [2.24, 2.45) is 0 Å². The standard InChI is InChI=1S/C4H4N2OS/c7-4-5-2-1-3(8)6-4/h1-2H,(H2,6,7,8)/q+1. The summed E-state index contributed by atoms with van der Waals surface area (Å²) in [4.78, 5) is 3.96. The number of amidine groups is 1. The number of rotatable bonds is 0. The van der Waals surface area contributed by atoms with Crippen molar-refractivity contribution in [3.05, 3.63) is 12.3 Å². The molecule has 0 saturated heterocycles. The molecule has 0 saturated carbocycles. The molecule has 1 rings (SSSR count). The summed E-state index contributed by atoms with van der Waals surface area (Å²) in [5.74, 6) is 0. The van der Waals surface area contributed by atoms with Crippen molar-refractivity contribution in [1.82, 2.24) is 10.3 Å². The second-order valence-corrected chi connectivity index (χ2v) is 1.70. The van der Waals surface area contributed by atoms with Gasteiger partial charge in [-0.3, -0.25) is 0 Å². The quantitative estimate of drug-likeness (QED) is 0.439. The van der Waals surface area contributed by atoms with E-state index in [9.17, 15) is 0 Å². The van der Waals surface area contributed by atoms with Gasteiger partial charge in [0.2, 0.25) is 0 Å². The van der Waals surface area contributed by atoms with Crippen LogP contribution in [0.3, 0.4) is 0 Å². The van der Waals surface area contributed by atoms with Crippen LogP contribution in [0.2, 0.25) is 0 Å². The van der Waals surface area contributed by atoms with Crippen LogP contribution in [-0.2, 0) is 0 Å². The van der Waals surface area contributed by atoms with E-state index in [2.05, 4.69) is 22.5 Å². The molecule has 0 unspecified atom stereocenters. The number of aliphatic imine (C=N–C) groups is 1. The lowest BCUT2D eigenvalue weighted by Gasteiger charge is -1.90. The first-order valence-corrected chi connectivity index (χ1v) is 2.44. The lowest BCUT2D eigenvalue weighted by molar-refractivity contribution is 0.526. The van der Waals surface area contributed by atoms with Gasteiger partial charge in [-0.05, 0) is 17.2 Å². The smallest absolute Gasteiger partial charge is 0.444 e. The highest BCUT2D eigenvalue weighted by Gasteiger charge is 2.10. The third-order valence-electron chi connectivity index (χ3n) is 0.658. The van der Waals surface area contributed by atoms with Crippen LogP contribution >= 0.6 is 12.2 Å². The van der Waals surface area contributed by atoms with Gasteiger partial charge in [0.05, 0.1) is 0 Å². The average molecular weight is 128 g/mol. The number of aliphatic hydroxyl groups is 1. The molecule has 0 aromatic carbocycles. The molecule has 0 aliphatic carbocycles. The molecule has 0 amide bonds. The van der Waals surface area contributed by atoms with Gasteiger partial charge in [0.25, 0.3) is 0 Å². The Morgan fingerprint density at radius 1 is 1.75 bits per heavy atom. The lowest BCUT2D eigenvalue weighted by atomic mass is 10.5. The molecule has 0 bridgehead atoms. The summed E-state index contributed by atoms with van der Waals surface area (Å²) in [5.41, 5.74) is 0. The van der Waals surface area contributed by atoms with E-state index in [0.717, 1.165) is 0 Å². The first-order valence-electron chi connectivity index (χ1n) is 2.03. The molecule has 1 radical (unpaired) electrons. The van der Waals surface area contributed by atoms with Crippen LogP contribution in [0.15, 0.2) is 12.3 Å². The molecule has 0 spiro atoms. The van der Waals surface area contributed by atoms with E-state index in [0.29, 0.717) is 4.99 Å². The van der Waals surface area contributed by atoms with Gasteiger partial charge in [0.15, 0.2) is 4.99 Å². The zero-order valence-electron chi connectivity index (χ0n) is 3.96. The Morgan fingerprint density at radius 2 is 2.50 bits per heavy atom. The first kappa shape index (κ1) is 5.24. The minimum atomic E-state index is -0.141. The van der Waals surface area contributed by atoms with Gasteiger partial charge in [-0.25, -0.2) is 0 Å². The highest BCUT2D eigenvalue weighted by Crippen LogP contribution is 1.78. The van der Waals surface area contributed by atoms with E-state index in [1.807, 2.05) is 0 Å². The minimum Gasteiger partial charge on any atom is -0.444 e. The predicted molar refractivity (Wildman–Crippen MR) is 34.6 cm³/mol. The maximum atomic E-state index is 8.58. The predicted octanol–water partition coefficient (Wildman–Crippen LogP) is -0.320. The van der Waals surface area contributed by atoms with E-state index < -0.39 is 0 Å². The summed E-state index contributed by atoms with van der Waals surface area (Å²) < 4.78 is 0. The van der Waals surface area contributed by atoms with Gasteiger partial charge >= 0.3 is 6.02 Å².